The van der Waals surface area contributed by atoms with Gasteiger partial charge in [-0.2, -0.15) is 0 Å². The number of pyridine rings is 1. The highest BCUT2D eigenvalue weighted by molar-refractivity contribution is 6.42. The third-order valence-corrected chi connectivity index (χ3v) is 3.54. The number of hydrogen-bond donors (Lipinski definition) is 1. The largest absolute Gasteiger partial charge is 0.349 e. The second-order valence-electron chi connectivity index (χ2n) is 5.25. The first kappa shape index (κ1) is 14.9. The van der Waals surface area contributed by atoms with Crippen LogP contribution < -0.4 is 5.32 Å². The Morgan fingerprint density at radius 2 is 1.87 bits per heavy atom. The molecule has 0 radical (unpaired) electrons. The van der Waals surface area contributed by atoms with Gasteiger partial charge in [0.25, 0.3) is 5.91 Å². The Kier molecular flexibility index (Phi) is 4.14. The van der Waals surface area contributed by atoms with E-state index in [1.54, 1.807) is 12.1 Å². The highest BCUT2D eigenvalue weighted by Crippen LogP contribution is 2.05. The van der Waals surface area contributed by atoms with Crippen molar-refractivity contribution < 1.29 is 9.59 Å². The molecule has 0 bridgehead atoms. The minimum atomic E-state index is -0.609. The van der Waals surface area contributed by atoms with Gasteiger partial charge >= 0.3 is 0 Å². The lowest BCUT2D eigenvalue weighted by molar-refractivity contribution is -0.116. The molecule has 2 heterocycles. The Morgan fingerprint density at radius 3 is 2.65 bits per heavy atom. The number of fused-ring (bicyclic) bond motifs is 1. The summed E-state index contributed by atoms with van der Waals surface area (Å²) in [5.41, 5.74) is 2.19. The molecular formula is C17H16N4O2. The maximum Gasteiger partial charge on any atom is 0.292 e. The monoisotopic (exact) mass is 308 g/mol. The van der Waals surface area contributed by atoms with Gasteiger partial charge in [0.1, 0.15) is 5.82 Å². The number of benzene rings is 1. The van der Waals surface area contributed by atoms with Crippen molar-refractivity contribution in [3.8, 4) is 0 Å². The number of rotatable bonds is 5. The third kappa shape index (κ3) is 3.26. The number of Topliss-reactive ketones (excluding diaryl/α,β-unsaturated/α-hetero) is 1. The molecule has 1 aromatic carbocycles. The Balaban J connectivity index is 1.59. The Hall–Kier alpha value is -3.02. The molecule has 0 fully saturated rings. The van der Waals surface area contributed by atoms with Crippen molar-refractivity contribution in [1.29, 1.82) is 0 Å². The summed E-state index contributed by atoms with van der Waals surface area (Å²) in [7, 11) is 0. The number of hydrogen-bond acceptors (Lipinski definition) is 4. The van der Waals surface area contributed by atoms with Crippen molar-refractivity contribution in [3.05, 3.63) is 65.6 Å². The second-order valence-corrected chi connectivity index (χ2v) is 5.25. The summed E-state index contributed by atoms with van der Waals surface area (Å²) < 4.78 is 1.86. The van der Waals surface area contributed by atoms with Gasteiger partial charge in [-0.1, -0.05) is 35.9 Å². The highest BCUT2D eigenvalue weighted by atomic mass is 16.2. The Bertz CT molecular complexity index is 852. The van der Waals surface area contributed by atoms with Crippen LogP contribution >= 0.6 is 0 Å². The summed E-state index contributed by atoms with van der Waals surface area (Å²) in [5.74, 6) is -0.400. The number of ketones is 1. The number of amides is 1. The Morgan fingerprint density at radius 1 is 1.09 bits per heavy atom. The van der Waals surface area contributed by atoms with E-state index in [1.165, 1.54) is 0 Å². The molecule has 0 saturated heterocycles. The average molecular weight is 308 g/mol. The van der Waals surface area contributed by atoms with Gasteiger partial charge in [-0.25, -0.2) is 0 Å². The number of aryl methyl sites for hydroxylation is 1. The number of nitrogens with one attached hydrogen (secondary N) is 1. The predicted molar refractivity (Wildman–Crippen MR) is 85.2 cm³/mol. The molecule has 0 aliphatic heterocycles. The fraction of sp³-hybridized carbons (Fsp3) is 0.176. The van der Waals surface area contributed by atoms with Crippen LogP contribution in [0.3, 0.4) is 0 Å². The summed E-state index contributed by atoms with van der Waals surface area (Å²) in [5, 5.41) is 10.8. The van der Waals surface area contributed by atoms with Gasteiger partial charge in [0.05, 0.1) is 0 Å². The minimum absolute atomic E-state index is 0.326. The summed E-state index contributed by atoms with van der Waals surface area (Å²) in [6.45, 7) is 2.25. The lowest BCUT2D eigenvalue weighted by Gasteiger charge is -2.04. The summed E-state index contributed by atoms with van der Waals surface area (Å²) in [4.78, 5) is 23.9. The number of carbonyl (C=O) groups is 2. The Labute approximate surface area is 133 Å². The van der Waals surface area contributed by atoms with E-state index in [0.717, 1.165) is 17.0 Å². The first-order valence-electron chi connectivity index (χ1n) is 7.33. The van der Waals surface area contributed by atoms with E-state index in [1.807, 2.05) is 47.9 Å². The zero-order valence-electron chi connectivity index (χ0n) is 12.7. The van der Waals surface area contributed by atoms with Gasteiger partial charge in [-0.3, -0.25) is 14.0 Å². The molecule has 1 N–H and O–H groups in total. The van der Waals surface area contributed by atoms with Crippen molar-refractivity contribution in [2.45, 2.75) is 13.3 Å². The number of carbonyl (C=O) groups excluding carboxylic acids is 2. The van der Waals surface area contributed by atoms with Gasteiger partial charge in [-0.15, -0.1) is 10.2 Å². The van der Waals surface area contributed by atoms with Gasteiger partial charge in [0.2, 0.25) is 5.78 Å². The average Bonchev–Trinajstić information content (AvgIpc) is 2.98. The van der Waals surface area contributed by atoms with Gasteiger partial charge in [0, 0.05) is 24.7 Å². The quantitative estimate of drug-likeness (QED) is 0.573. The normalized spacial score (nSPS) is 10.7. The second kappa shape index (κ2) is 6.39. The van der Waals surface area contributed by atoms with Crippen molar-refractivity contribution in [1.82, 2.24) is 19.9 Å². The first-order valence-corrected chi connectivity index (χ1v) is 7.33. The smallest absolute Gasteiger partial charge is 0.292 e. The molecule has 0 atom stereocenters. The van der Waals surface area contributed by atoms with E-state index in [-0.39, 0.29) is 0 Å². The molecule has 0 aliphatic carbocycles. The zero-order chi connectivity index (χ0) is 16.2. The molecule has 6 heteroatoms. The minimum Gasteiger partial charge on any atom is -0.349 e. The maximum atomic E-state index is 12.0. The molecule has 0 aliphatic rings. The van der Waals surface area contributed by atoms with Crippen LogP contribution in [0.4, 0.5) is 0 Å². The fourth-order valence-corrected chi connectivity index (χ4v) is 2.27. The zero-order valence-corrected chi connectivity index (χ0v) is 12.7. The van der Waals surface area contributed by atoms with Gasteiger partial charge in [0.15, 0.2) is 5.65 Å². The lowest BCUT2D eigenvalue weighted by atomic mass is 10.1. The summed E-state index contributed by atoms with van der Waals surface area (Å²) in [6.07, 6.45) is 2.36. The molecule has 2 aromatic heterocycles. The van der Waals surface area contributed by atoms with Crippen LogP contribution in [0.15, 0.2) is 48.7 Å². The standard InChI is InChI=1S/C17H16N4O2/c1-12-5-7-13(8-6-12)16(22)17(23)18-10-9-15-20-19-14-4-2-3-11-21(14)15/h2-8,11H,9-10H2,1H3,(H,18,23). The molecule has 0 spiro atoms. The molecule has 6 nitrogen and oxygen atoms in total. The topological polar surface area (TPSA) is 76.4 Å². The molecule has 3 aromatic rings. The number of aromatic nitrogens is 3. The van der Waals surface area contributed by atoms with Crippen LogP contribution in [0, 0.1) is 6.92 Å². The van der Waals surface area contributed by atoms with Crippen LogP contribution in [-0.4, -0.2) is 32.8 Å². The highest BCUT2D eigenvalue weighted by Gasteiger charge is 2.15. The van der Waals surface area contributed by atoms with Crippen LogP contribution in [0.2, 0.25) is 0 Å². The molecule has 116 valence electrons. The van der Waals surface area contributed by atoms with E-state index >= 15 is 0 Å². The van der Waals surface area contributed by atoms with E-state index in [9.17, 15) is 9.59 Å². The SMILES string of the molecule is Cc1ccc(C(=O)C(=O)NCCc2nnc3ccccn23)cc1. The predicted octanol–water partition coefficient (Wildman–Crippen LogP) is 1.58. The summed E-state index contributed by atoms with van der Waals surface area (Å²) >= 11 is 0. The van der Waals surface area contributed by atoms with Crippen molar-refractivity contribution in [3.63, 3.8) is 0 Å². The van der Waals surface area contributed by atoms with Crippen LogP contribution in [0.5, 0.6) is 0 Å². The first-order chi connectivity index (χ1) is 11.1. The van der Waals surface area contributed by atoms with Crippen molar-refractivity contribution >= 4 is 17.3 Å². The van der Waals surface area contributed by atoms with Crippen molar-refractivity contribution in [2.75, 3.05) is 6.54 Å². The van der Waals surface area contributed by atoms with Crippen molar-refractivity contribution in [2.24, 2.45) is 0 Å². The van der Waals surface area contributed by atoms with Crippen LogP contribution in [0.25, 0.3) is 5.65 Å². The third-order valence-electron chi connectivity index (χ3n) is 3.54. The van der Waals surface area contributed by atoms with Gasteiger partial charge in [-0.05, 0) is 19.1 Å². The van der Waals surface area contributed by atoms with Gasteiger partial charge < -0.3 is 5.32 Å². The van der Waals surface area contributed by atoms with Crippen LogP contribution in [-0.2, 0) is 11.2 Å². The molecule has 3 rings (SSSR count). The molecule has 0 unspecified atom stereocenters. The fourth-order valence-electron chi connectivity index (χ4n) is 2.27. The maximum absolute atomic E-state index is 12.0. The lowest BCUT2D eigenvalue weighted by Crippen LogP contribution is -2.32. The number of nitrogens with zero attached hydrogens (tertiary/aromatic N) is 3. The van der Waals surface area contributed by atoms with E-state index in [0.29, 0.717) is 18.5 Å². The molecular weight excluding hydrogens is 292 g/mol. The van der Waals surface area contributed by atoms with Crippen LogP contribution in [0.1, 0.15) is 21.7 Å². The molecule has 23 heavy (non-hydrogen) atoms. The van der Waals surface area contributed by atoms with E-state index in [2.05, 4.69) is 15.5 Å². The molecule has 1 amide bonds. The van der Waals surface area contributed by atoms with E-state index < -0.39 is 11.7 Å². The molecule has 0 saturated carbocycles. The summed E-state index contributed by atoms with van der Waals surface area (Å²) in [6, 6.07) is 12.6. The van der Waals surface area contributed by atoms with E-state index in [4.69, 9.17) is 0 Å².